The molecule has 0 bridgehead atoms. The van der Waals surface area contributed by atoms with Gasteiger partial charge in [0.15, 0.2) is 0 Å². The Hall–Kier alpha value is -0.290. The normalized spacial score (nSPS) is 16.1. The summed E-state index contributed by atoms with van der Waals surface area (Å²) in [6, 6.07) is 10.4. The number of thioether (sulfide) groups is 1. The van der Waals surface area contributed by atoms with Gasteiger partial charge in [-0.2, -0.15) is 11.8 Å². The molecule has 0 saturated heterocycles. The zero-order valence-corrected chi connectivity index (χ0v) is 13.7. The minimum Gasteiger partial charge on any atom is -0.387 e. The first-order valence-electron chi connectivity index (χ1n) is 6.34. The molecule has 1 nitrogen and oxygen atoms in total. The highest BCUT2D eigenvalue weighted by molar-refractivity contribution is 9.10. The lowest BCUT2D eigenvalue weighted by Gasteiger charge is -2.08. The fraction of sp³-hybridized carbons (Fsp3) is 0.333. The van der Waals surface area contributed by atoms with Gasteiger partial charge in [-0.05, 0) is 41.5 Å². The molecule has 1 aromatic heterocycles. The van der Waals surface area contributed by atoms with Gasteiger partial charge in [0, 0.05) is 26.4 Å². The first-order chi connectivity index (χ1) is 9.22. The van der Waals surface area contributed by atoms with Crippen molar-refractivity contribution in [2.45, 2.75) is 24.7 Å². The molecule has 1 aliphatic heterocycles. The number of hydrogen-bond donors (Lipinski definition) is 1. The van der Waals surface area contributed by atoms with Crippen molar-refractivity contribution in [1.82, 2.24) is 0 Å². The van der Waals surface area contributed by atoms with Crippen molar-refractivity contribution in [2.75, 3.05) is 5.75 Å². The van der Waals surface area contributed by atoms with Crippen LogP contribution in [0.15, 0.2) is 34.8 Å². The Kier molecular flexibility index (Phi) is 4.32. The Morgan fingerprint density at radius 3 is 3.00 bits per heavy atom. The van der Waals surface area contributed by atoms with Crippen LogP contribution in [0.4, 0.5) is 0 Å². The molecule has 0 aliphatic carbocycles. The predicted octanol–water partition coefficient (Wildman–Crippen LogP) is 4.58. The molecule has 1 unspecified atom stereocenters. The van der Waals surface area contributed by atoms with Gasteiger partial charge < -0.3 is 5.11 Å². The predicted molar refractivity (Wildman–Crippen MR) is 87.0 cm³/mol. The first kappa shape index (κ1) is 13.7. The van der Waals surface area contributed by atoms with E-state index in [4.69, 9.17) is 0 Å². The van der Waals surface area contributed by atoms with Crippen molar-refractivity contribution in [3.8, 4) is 0 Å². The fourth-order valence-electron chi connectivity index (χ4n) is 2.32. The second-order valence-electron chi connectivity index (χ2n) is 4.75. The molecule has 1 aromatic carbocycles. The van der Waals surface area contributed by atoms with Crippen LogP contribution in [-0.4, -0.2) is 10.9 Å². The Morgan fingerprint density at radius 1 is 1.32 bits per heavy atom. The number of hydrogen-bond acceptors (Lipinski definition) is 3. The summed E-state index contributed by atoms with van der Waals surface area (Å²) in [6.45, 7) is 0. The van der Waals surface area contributed by atoms with Crippen LogP contribution in [-0.2, 0) is 18.6 Å². The van der Waals surface area contributed by atoms with Crippen LogP contribution in [0.2, 0.25) is 0 Å². The summed E-state index contributed by atoms with van der Waals surface area (Å²) in [7, 11) is 0. The Balaban J connectivity index is 1.76. The summed E-state index contributed by atoms with van der Waals surface area (Å²) in [5.41, 5.74) is 2.60. The van der Waals surface area contributed by atoms with Gasteiger partial charge in [-0.15, -0.1) is 11.3 Å². The topological polar surface area (TPSA) is 20.2 Å². The number of fused-ring (bicyclic) bond motifs is 1. The van der Waals surface area contributed by atoms with Gasteiger partial charge in [0.05, 0.1) is 6.10 Å². The minimum absolute atomic E-state index is 0.380. The standard InChI is InChI=1S/C15H15BrOS2/c16-12-3-1-2-10(6-12)7-13(17)15-8-11-9-18-5-4-14(11)19-15/h1-3,6,8,13,17H,4-5,7,9H2. The van der Waals surface area contributed by atoms with Crippen LogP contribution in [0.3, 0.4) is 0 Å². The van der Waals surface area contributed by atoms with Crippen LogP contribution in [0.1, 0.15) is 27.0 Å². The monoisotopic (exact) mass is 354 g/mol. The van der Waals surface area contributed by atoms with Crippen LogP contribution in [0.5, 0.6) is 0 Å². The van der Waals surface area contributed by atoms with Gasteiger partial charge in [-0.3, -0.25) is 0 Å². The quantitative estimate of drug-likeness (QED) is 0.870. The molecule has 2 aromatic rings. The molecule has 100 valence electrons. The summed E-state index contributed by atoms with van der Waals surface area (Å²) < 4.78 is 1.07. The van der Waals surface area contributed by atoms with E-state index in [2.05, 4.69) is 34.1 Å². The summed E-state index contributed by atoms with van der Waals surface area (Å²) in [6.07, 6.45) is 1.47. The maximum absolute atomic E-state index is 10.4. The van der Waals surface area contributed by atoms with Crippen LogP contribution >= 0.6 is 39.0 Å². The molecule has 1 atom stereocenters. The van der Waals surface area contributed by atoms with Crippen LogP contribution < -0.4 is 0 Å². The van der Waals surface area contributed by atoms with Crippen molar-refractivity contribution in [2.24, 2.45) is 0 Å². The zero-order valence-electron chi connectivity index (χ0n) is 10.4. The van der Waals surface area contributed by atoms with E-state index in [1.165, 1.54) is 21.8 Å². The summed E-state index contributed by atoms with van der Waals surface area (Å²) in [4.78, 5) is 2.59. The molecule has 1 N–H and O–H groups in total. The molecule has 0 radical (unpaired) electrons. The van der Waals surface area contributed by atoms with Crippen molar-refractivity contribution in [3.05, 3.63) is 55.7 Å². The average Bonchev–Trinajstić information content (AvgIpc) is 2.82. The highest BCUT2D eigenvalue weighted by Gasteiger charge is 2.18. The molecule has 0 amide bonds. The molecule has 1 aliphatic rings. The summed E-state index contributed by atoms with van der Waals surface area (Å²) >= 11 is 7.25. The second-order valence-corrected chi connectivity index (χ2v) is 7.94. The number of aliphatic hydroxyl groups is 1. The molecule has 0 saturated carbocycles. The Labute approximate surface area is 130 Å². The van der Waals surface area contributed by atoms with Gasteiger partial charge in [-0.25, -0.2) is 0 Å². The van der Waals surface area contributed by atoms with Crippen molar-refractivity contribution in [3.63, 3.8) is 0 Å². The number of halogens is 1. The van der Waals surface area contributed by atoms with E-state index in [1.807, 2.05) is 23.9 Å². The van der Waals surface area contributed by atoms with Gasteiger partial charge >= 0.3 is 0 Å². The lowest BCUT2D eigenvalue weighted by atomic mass is 10.1. The van der Waals surface area contributed by atoms with Crippen molar-refractivity contribution < 1.29 is 5.11 Å². The van der Waals surface area contributed by atoms with Crippen molar-refractivity contribution >= 4 is 39.0 Å². The average molecular weight is 355 g/mol. The van der Waals surface area contributed by atoms with E-state index in [9.17, 15) is 5.11 Å². The third-order valence-corrected chi connectivity index (χ3v) is 6.13. The second kappa shape index (κ2) is 6.00. The number of thiophene rings is 1. The third-order valence-electron chi connectivity index (χ3n) is 3.29. The number of rotatable bonds is 3. The largest absolute Gasteiger partial charge is 0.387 e. The highest BCUT2D eigenvalue weighted by atomic mass is 79.9. The van der Waals surface area contributed by atoms with Gasteiger partial charge in [-0.1, -0.05) is 28.1 Å². The number of aliphatic hydroxyl groups excluding tert-OH is 1. The highest BCUT2D eigenvalue weighted by Crippen LogP contribution is 2.35. The lowest BCUT2D eigenvalue weighted by Crippen LogP contribution is -1.99. The fourth-order valence-corrected chi connectivity index (χ4v) is 5.13. The molecule has 4 heteroatoms. The molecule has 2 heterocycles. The smallest absolute Gasteiger partial charge is 0.0922 e. The molecular weight excluding hydrogens is 340 g/mol. The third kappa shape index (κ3) is 3.24. The van der Waals surface area contributed by atoms with Gasteiger partial charge in [0.2, 0.25) is 0 Å². The van der Waals surface area contributed by atoms with Crippen LogP contribution in [0.25, 0.3) is 0 Å². The van der Waals surface area contributed by atoms with E-state index >= 15 is 0 Å². The maximum Gasteiger partial charge on any atom is 0.0922 e. The SMILES string of the molecule is OC(Cc1cccc(Br)c1)c1cc2c(s1)CCSC2. The number of aryl methyl sites for hydroxylation is 1. The van der Waals surface area contributed by atoms with Gasteiger partial charge in [0.1, 0.15) is 0 Å². The molecule has 0 fully saturated rings. The minimum atomic E-state index is -0.380. The maximum atomic E-state index is 10.4. The molecule has 0 spiro atoms. The molecule has 19 heavy (non-hydrogen) atoms. The first-order valence-corrected chi connectivity index (χ1v) is 9.10. The number of benzene rings is 1. The van der Waals surface area contributed by atoms with E-state index in [0.29, 0.717) is 6.42 Å². The summed E-state index contributed by atoms with van der Waals surface area (Å²) in [5.74, 6) is 2.32. The van der Waals surface area contributed by atoms with Crippen molar-refractivity contribution in [1.29, 1.82) is 0 Å². The van der Waals surface area contributed by atoms with E-state index in [0.717, 1.165) is 21.5 Å². The lowest BCUT2D eigenvalue weighted by molar-refractivity contribution is 0.182. The Morgan fingerprint density at radius 2 is 2.21 bits per heavy atom. The van der Waals surface area contributed by atoms with E-state index in [-0.39, 0.29) is 6.10 Å². The van der Waals surface area contributed by atoms with Crippen LogP contribution in [0, 0.1) is 0 Å². The van der Waals surface area contributed by atoms with E-state index in [1.54, 1.807) is 11.3 Å². The Bertz CT molecular complexity index is 556. The molecular formula is C15H15BrOS2. The van der Waals surface area contributed by atoms with E-state index < -0.39 is 0 Å². The molecule has 3 rings (SSSR count). The van der Waals surface area contributed by atoms with Gasteiger partial charge in [0.25, 0.3) is 0 Å². The summed E-state index contributed by atoms with van der Waals surface area (Å²) in [5, 5.41) is 10.4. The zero-order chi connectivity index (χ0) is 13.2.